The van der Waals surface area contributed by atoms with E-state index < -0.39 is 12.7 Å². The summed E-state index contributed by atoms with van der Waals surface area (Å²) in [5.74, 6) is 0.859. The maximum atomic E-state index is 8.38. The zero-order chi connectivity index (χ0) is 31.6. The van der Waals surface area contributed by atoms with Crippen LogP contribution in [-0.2, 0) is 20.1 Å². The van der Waals surface area contributed by atoms with Crippen LogP contribution in [0.2, 0.25) is 0 Å². The minimum atomic E-state index is -2.09. The number of aryl methyl sites for hydroxylation is 1. The van der Waals surface area contributed by atoms with Crippen LogP contribution in [0.15, 0.2) is 122 Å². The van der Waals surface area contributed by atoms with Crippen LogP contribution in [0.4, 0.5) is 0 Å². The number of pyridine rings is 2. The second-order valence-electron chi connectivity index (χ2n) is 9.88. The summed E-state index contributed by atoms with van der Waals surface area (Å²) in [5, 5.41) is 0. The first-order valence-electron chi connectivity index (χ1n) is 15.4. The van der Waals surface area contributed by atoms with E-state index in [-0.39, 0.29) is 25.7 Å². The van der Waals surface area contributed by atoms with E-state index in [4.69, 9.17) is 10.2 Å². The fraction of sp³-hybridized carbons (Fsp3) is 0.105. The largest absolute Gasteiger partial charge is 0.501 e. The van der Waals surface area contributed by atoms with Crippen LogP contribution in [0.3, 0.4) is 0 Å². The summed E-state index contributed by atoms with van der Waals surface area (Å²) in [7, 11) is 0. The van der Waals surface area contributed by atoms with Gasteiger partial charge in [0.15, 0.2) is 0 Å². The van der Waals surface area contributed by atoms with Crippen LogP contribution < -0.4 is 4.74 Å². The van der Waals surface area contributed by atoms with Gasteiger partial charge in [0.05, 0.1) is 5.75 Å². The Labute approximate surface area is 267 Å². The molecule has 3 nitrogen and oxygen atoms in total. The molecule has 2 aromatic heterocycles. The summed E-state index contributed by atoms with van der Waals surface area (Å²) in [6.07, 6.45) is 3.15. The van der Waals surface area contributed by atoms with Crippen LogP contribution >= 0.6 is 0 Å². The molecule has 0 N–H and O–H groups in total. The summed E-state index contributed by atoms with van der Waals surface area (Å²) < 4.78 is 36.6. The van der Waals surface area contributed by atoms with Gasteiger partial charge in [-0.3, -0.25) is 0 Å². The van der Waals surface area contributed by atoms with Crippen molar-refractivity contribution < 1.29 is 30.3 Å². The first kappa shape index (κ1) is 24.2. The zero-order valence-electron chi connectivity index (χ0n) is 27.2. The maximum Gasteiger partial charge on any atom is 0.122 e. The summed E-state index contributed by atoms with van der Waals surface area (Å²) in [5.41, 5.74) is 8.68. The van der Waals surface area contributed by atoms with E-state index in [2.05, 4.69) is 52.4 Å². The molecule has 4 aromatic carbocycles. The van der Waals surface area contributed by atoms with Crippen LogP contribution in [0.1, 0.15) is 36.4 Å². The van der Waals surface area contributed by atoms with Gasteiger partial charge in [-0.05, 0) is 53.0 Å². The molecule has 0 unspecified atom stereocenters. The fourth-order valence-electron chi connectivity index (χ4n) is 4.82. The number of para-hydroxylation sites is 1. The number of aromatic nitrogens is 2. The number of rotatable bonds is 3. The van der Waals surface area contributed by atoms with Crippen LogP contribution in [0.5, 0.6) is 11.5 Å². The van der Waals surface area contributed by atoms with Crippen molar-refractivity contribution in [3.8, 4) is 56.3 Å². The molecule has 0 saturated carbocycles. The molecule has 1 aliphatic heterocycles. The Morgan fingerprint density at radius 3 is 2.21 bits per heavy atom. The van der Waals surface area contributed by atoms with E-state index >= 15 is 0 Å². The van der Waals surface area contributed by atoms with Crippen LogP contribution in [0.25, 0.3) is 44.8 Å². The first-order chi connectivity index (χ1) is 21.6. The summed E-state index contributed by atoms with van der Waals surface area (Å²) in [6.45, 7) is 1.67. The molecule has 0 spiro atoms. The molecule has 0 fully saturated rings. The van der Waals surface area contributed by atoms with E-state index in [0.29, 0.717) is 0 Å². The van der Waals surface area contributed by atoms with Crippen molar-refractivity contribution in [3.05, 3.63) is 145 Å². The quantitative estimate of drug-likeness (QED) is 0.170. The average molecular weight is 727 g/mol. The molecule has 7 rings (SSSR count). The number of hydrogen-bond donors (Lipinski definition) is 0. The maximum absolute atomic E-state index is 8.38. The van der Waals surface area contributed by atoms with E-state index in [1.165, 1.54) is 6.20 Å². The number of ether oxygens (including phenoxy) is 1. The van der Waals surface area contributed by atoms with Gasteiger partial charge in [0.25, 0.3) is 0 Å². The smallest absolute Gasteiger partial charge is 0.122 e. The Morgan fingerprint density at radius 1 is 0.738 bits per heavy atom. The molecule has 0 amide bonds. The molecule has 1 aliphatic rings. The third kappa shape index (κ3) is 6.11. The second-order valence-corrected chi connectivity index (χ2v) is 9.88. The number of nitrogens with zero attached hydrogens (tertiary/aromatic N) is 2. The molecule has 0 atom stereocenters. The zero-order valence-corrected chi connectivity index (χ0v) is 25.6. The number of hydrogen-bond acceptors (Lipinski definition) is 3. The molecule has 0 bridgehead atoms. The van der Waals surface area contributed by atoms with Crippen molar-refractivity contribution in [2.75, 3.05) is 0 Å². The normalized spacial score (nSPS) is 12.9. The Morgan fingerprint density at radius 2 is 1.50 bits per heavy atom. The Bertz CT molecular complexity index is 1950. The first-order valence-corrected chi connectivity index (χ1v) is 13.4. The van der Waals surface area contributed by atoms with Crippen molar-refractivity contribution in [2.24, 2.45) is 0 Å². The molecular formula is C38H30IrN2O-2. The summed E-state index contributed by atoms with van der Waals surface area (Å²) in [4.78, 5) is 8.70. The molecule has 1 radical (unpaired) electrons. The third-order valence-electron chi connectivity index (χ3n) is 6.90. The second kappa shape index (κ2) is 13.1. The standard InChI is InChI=1S/C26H20NO.C12H10N.Ir/c1-17(2)18-14-15-27-24(16-18)23-12-7-11-22-20-9-4-3-8-19(20)21-10-5-6-13-25(21)28-26(22)23;1-10-7-8-12(13-9-10)11-5-3-2-4-6-11;/h3-11,13-17H,1-2H3;2-5,7-9H,1H3;/q2*-1;/i17D;1D3;. The topological polar surface area (TPSA) is 35.0 Å². The van der Waals surface area contributed by atoms with Gasteiger partial charge in [-0.1, -0.05) is 91.2 Å². The molecule has 0 aliphatic carbocycles. The van der Waals surface area contributed by atoms with Crippen LogP contribution in [-0.4, -0.2) is 9.97 Å². The van der Waals surface area contributed by atoms with Gasteiger partial charge < -0.3 is 14.7 Å². The van der Waals surface area contributed by atoms with Gasteiger partial charge in [0.2, 0.25) is 0 Å². The van der Waals surface area contributed by atoms with E-state index in [0.717, 1.165) is 61.8 Å². The summed E-state index contributed by atoms with van der Waals surface area (Å²) >= 11 is 0. The van der Waals surface area contributed by atoms with E-state index in [1.807, 2.05) is 74.5 Å². The van der Waals surface area contributed by atoms with Crippen molar-refractivity contribution >= 4 is 0 Å². The monoisotopic (exact) mass is 727 g/mol. The molecule has 3 heterocycles. The van der Waals surface area contributed by atoms with Gasteiger partial charge in [-0.15, -0.1) is 54.1 Å². The molecular weight excluding hydrogens is 693 g/mol. The number of benzene rings is 4. The van der Waals surface area contributed by atoms with Gasteiger partial charge in [0, 0.05) is 43.5 Å². The SMILES string of the molecule is [2H]C(C)(C)c1ccnc(-c2[c-]ccc3c2Oc2ccccc2-c2ccccc2-3)c1.[2H]C([2H])([2H])c1ccc(-c2[c-]cccc2)nc1.[Ir]. The Kier molecular flexibility index (Phi) is 7.55. The minimum Gasteiger partial charge on any atom is -0.501 e. The predicted octanol–water partition coefficient (Wildman–Crippen LogP) is 9.97. The van der Waals surface area contributed by atoms with Crippen molar-refractivity contribution in [1.29, 1.82) is 0 Å². The number of fused-ring (bicyclic) bond motifs is 5. The third-order valence-corrected chi connectivity index (χ3v) is 6.90. The van der Waals surface area contributed by atoms with Crippen molar-refractivity contribution in [1.82, 2.24) is 9.97 Å². The van der Waals surface area contributed by atoms with Crippen LogP contribution in [0, 0.1) is 19.0 Å². The molecule has 42 heavy (non-hydrogen) atoms. The average Bonchev–Trinajstić information content (AvgIpc) is 3.19. The van der Waals surface area contributed by atoms with Crippen molar-refractivity contribution in [2.45, 2.75) is 26.6 Å². The minimum absolute atomic E-state index is 0. The Hall–Kier alpha value is -4.37. The van der Waals surface area contributed by atoms with E-state index in [1.54, 1.807) is 24.4 Å². The molecule has 209 valence electrons. The molecule has 6 aromatic rings. The fourth-order valence-corrected chi connectivity index (χ4v) is 4.82. The molecule has 0 saturated heterocycles. The van der Waals surface area contributed by atoms with Gasteiger partial charge >= 0.3 is 0 Å². The van der Waals surface area contributed by atoms with E-state index in [9.17, 15) is 0 Å². The van der Waals surface area contributed by atoms with Gasteiger partial charge in [-0.25, -0.2) is 0 Å². The Balaban J connectivity index is 0.000000209. The predicted molar refractivity (Wildman–Crippen MR) is 167 cm³/mol. The van der Waals surface area contributed by atoms with Crippen molar-refractivity contribution in [3.63, 3.8) is 0 Å². The summed E-state index contributed by atoms with van der Waals surface area (Å²) in [6, 6.07) is 41.4. The van der Waals surface area contributed by atoms with Gasteiger partial charge in [0.1, 0.15) is 5.75 Å². The van der Waals surface area contributed by atoms with Gasteiger partial charge in [-0.2, -0.15) is 0 Å². The molecule has 4 heteroatoms.